The van der Waals surface area contributed by atoms with Crippen molar-refractivity contribution in [2.24, 2.45) is 0 Å². The molecule has 0 radical (unpaired) electrons. The molecule has 1 aromatic carbocycles. The number of hydrogen-bond acceptors (Lipinski definition) is 3. The Bertz CT molecular complexity index is 770. The van der Waals surface area contributed by atoms with Crippen LogP contribution in [0.4, 0.5) is 4.79 Å². The van der Waals surface area contributed by atoms with Crippen molar-refractivity contribution >= 4 is 17.8 Å². The minimum atomic E-state index is -0.729. The average Bonchev–Trinajstić information content (AvgIpc) is 2.85. The van der Waals surface area contributed by atoms with E-state index in [4.69, 9.17) is 0 Å². The maximum absolute atomic E-state index is 13.0. The third-order valence-electron chi connectivity index (χ3n) is 6.49. The van der Waals surface area contributed by atoms with E-state index in [0.717, 1.165) is 49.0 Å². The highest BCUT2D eigenvalue weighted by atomic mass is 16.2. The van der Waals surface area contributed by atoms with Crippen LogP contribution in [0.3, 0.4) is 0 Å². The number of amides is 4. The summed E-state index contributed by atoms with van der Waals surface area (Å²) < 4.78 is 0. The van der Waals surface area contributed by atoms with E-state index in [1.165, 1.54) is 5.56 Å². The van der Waals surface area contributed by atoms with Gasteiger partial charge in [-0.2, -0.15) is 0 Å². The van der Waals surface area contributed by atoms with E-state index in [2.05, 4.69) is 17.4 Å². The van der Waals surface area contributed by atoms with Crippen molar-refractivity contribution in [3.05, 3.63) is 35.4 Å². The molecular formula is C21H27N3O3. The molecule has 4 amide bonds. The van der Waals surface area contributed by atoms with Crippen molar-refractivity contribution in [2.75, 3.05) is 13.6 Å². The summed E-state index contributed by atoms with van der Waals surface area (Å²) in [6.45, 7) is -0.192. The molecule has 3 aliphatic rings. The quantitative estimate of drug-likeness (QED) is 0.833. The molecule has 1 spiro atoms. The number of benzene rings is 1. The van der Waals surface area contributed by atoms with Crippen LogP contribution < -0.4 is 5.32 Å². The van der Waals surface area contributed by atoms with Crippen molar-refractivity contribution in [2.45, 2.75) is 62.9 Å². The second kappa shape index (κ2) is 6.98. The molecule has 0 aromatic heterocycles. The predicted octanol–water partition coefficient (Wildman–Crippen LogP) is 2.78. The van der Waals surface area contributed by atoms with Gasteiger partial charge in [-0.25, -0.2) is 4.79 Å². The van der Waals surface area contributed by atoms with Crippen LogP contribution in [0.5, 0.6) is 0 Å². The van der Waals surface area contributed by atoms with Gasteiger partial charge < -0.3 is 10.2 Å². The Morgan fingerprint density at radius 1 is 1.15 bits per heavy atom. The van der Waals surface area contributed by atoms with E-state index >= 15 is 0 Å². The fraction of sp³-hybridized carbons (Fsp3) is 0.571. The molecule has 6 nitrogen and oxygen atoms in total. The lowest BCUT2D eigenvalue weighted by molar-refractivity contribution is -0.137. The second-order valence-electron chi connectivity index (χ2n) is 8.04. The van der Waals surface area contributed by atoms with Crippen molar-refractivity contribution in [3.8, 4) is 0 Å². The first-order valence-electron chi connectivity index (χ1n) is 10.00. The summed E-state index contributed by atoms with van der Waals surface area (Å²) in [5.41, 5.74) is 1.69. The van der Waals surface area contributed by atoms with E-state index in [0.29, 0.717) is 12.8 Å². The highest BCUT2D eigenvalue weighted by Crippen LogP contribution is 2.39. The van der Waals surface area contributed by atoms with Crippen LogP contribution in [0.2, 0.25) is 0 Å². The van der Waals surface area contributed by atoms with Gasteiger partial charge in [-0.05, 0) is 43.2 Å². The Morgan fingerprint density at radius 2 is 1.89 bits per heavy atom. The summed E-state index contributed by atoms with van der Waals surface area (Å²) in [7, 11) is 1.70. The molecule has 0 bridgehead atoms. The number of urea groups is 1. The summed E-state index contributed by atoms with van der Waals surface area (Å²) >= 11 is 0. The van der Waals surface area contributed by atoms with Gasteiger partial charge in [0.05, 0.1) is 6.04 Å². The molecule has 1 atom stereocenters. The molecule has 1 heterocycles. The van der Waals surface area contributed by atoms with Crippen molar-refractivity contribution in [3.63, 3.8) is 0 Å². The Morgan fingerprint density at radius 3 is 2.67 bits per heavy atom. The molecule has 1 aromatic rings. The van der Waals surface area contributed by atoms with Gasteiger partial charge in [0.15, 0.2) is 0 Å². The van der Waals surface area contributed by atoms with Crippen LogP contribution in [-0.4, -0.2) is 46.8 Å². The first kappa shape index (κ1) is 18.0. The maximum atomic E-state index is 13.0. The monoisotopic (exact) mass is 369 g/mol. The van der Waals surface area contributed by atoms with Crippen LogP contribution >= 0.6 is 0 Å². The maximum Gasteiger partial charge on any atom is 0.327 e. The summed E-state index contributed by atoms with van der Waals surface area (Å²) in [5.74, 6) is -0.464. The smallest absolute Gasteiger partial charge is 0.327 e. The number of imide groups is 1. The number of likely N-dealkylation sites (N-methyl/N-ethyl adjacent to an activating group) is 1. The lowest BCUT2D eigenvalue weighted by Crippen LogP contribution is -2.49. The minimum absolute atomic E-state index is 0.0448. The molecule has 6 heteroatoms. The number of nitrogens with zero attached hydrogens (tertiary/aromatic N) is 2. The number of hydrogen-bond donors (Lipinski definition) is 1. The Labute approximate surface area is 159 Å². The largest absolute Gasteiger partial charge is 0.348 e. The fourth-order valence-electron chi connectivity index (χ4n) is 4.96. The molecular weight excluding hydrogens is 342 g/mol. The molecule has 144 valence electrons. The molecule has 1 N–H and O–H groups in total. The van der Waals surface area contributed by atoms with E-state index in [1.807, 2.05) is 12.1 Å². The Balaban J connectivity index is 1.46. The van der Waals surface area contributed by atoms with E-state index in [1.54, 1.807) is 11.9 Å². The standard InChI is InChI=1S/C21H27N3O3/c1-23-20(27)24(19(26)21(23)12-5-2-6-13-21)14-18(25)22-17-11-7-9-15-8-3-4-10-16(15)17/h3-4,8,10,17H,2,5-7,9,11-14H2,1H3,(H,22,25). The van der Waals surface area contributed by atoms with Crippen molar-refractivity contribution in [1.29, 1.82) is 0 Å². The summed E-state index contributed by atoms with van der Waals surface area (Å²) in [5, 5.41) is 3.05. The topological polar surface area (TPSA) is 69.7 Å². The molecule has 27 heavy (non-hydrogen) atoms. The number of carbonyl (C=O) groups is 3. The zero-order chi connectivity index (χ0) is 19.0. The number of rotatable bonds is 3. The summed E-state index contributed by atoms with van der Waals surface area (Å²) in [4.78, 5) is 41.1. The highest BCUT2D eigenvalue weighted by Gasteiger charge is 2.55. The number of aryl methyl sites for hydroxylation is 1. The van der Waals surface area contributed by atoms with E-state index in [-0.39, 0.29) is 30.4 Å². The van der Waals surface area contributed by atoms with Gasteiger partial charge in [-0.3, -0.25) is 14.5 Å². The third kappa shape index (κ3) is 3.01. The third-order valence-corrected chi connectivity index (χ3v) is 6.49. The van der Waals surface area contributed by atoms with Crippen LogP contribution in [0.25, 0.3) is 0 Å². The van der Waals surface area contributed by atoms with Gasteiger partial charge in [-0.1, -0.05) is 43.5 Å². The average molecular weight is 369 g/mol. The number of fused-ring (bicyclic) bond motifs is 1. The van der Waals surface area contributed by atoms with Crippen molar-refractivity contribution < 1.29 is 14.4 Å². The fourth-order valence-corrected chi connectivity index (χ4v) is 4.96. The van der Waals surface area contributed by atoms with Gasteiger partial charge in [0.2, 0.25) is 5.91 Å². The van der Waals surface area contributed by atoms with E-state index in [9.17, 15) is 14.4 Å². The molecule has 1 saturated carbocycles. The van der Waals surface area contributed by atoms with E-state index < -0.39 is 5.54 Å². The number of carbonyl (C=O) groups excluding carboxylic acids is 3. The van der Waals surface area contributed by atoms with Gasteiger partial charge in [-0.15, -0.1) is 0 Å². The summed E-state index contributed by atoms with van der Waals surface area (Å²) in [6.07, 6.45) is 7.32. The zero-order valence-corrected chi connectivity index (χ0v) is 15.9. The lowest BCUT2D eigenvalue weighted by atomic mass is 9.81. The van der Waals surface area contributed by atoms with Gasteiger partial charge >= 0.3 is 6.03 Å². The van der Waals surface area contributed by atoms with Crippen LogP contribution in [0, 0.1) is 0 Å². The lowest BCUT2D eigenvalue weighted by Gasteiger charge is -2.35. The second-order valence-corrected chi connectivity index (χ2v) is 8.04. The normalized spacial score (nSPS) is 24.3. The first-order chi connectivity index (χ1) is 13.0. The molecule has 2 fully saturated rings. The van der Waals surface area contributed by atoms with Crippen LogP contribution in [0.1, 0.15) is 62.1 Å². The van der Waals surface area contributed by atoms with Gasteiger partial charge in [0.1, 0.15) is 12.1 Å². The molecule has 1 saturated heterocycles. The minimum Gasteiger partial charge on any atom is -0.348 e. The number of nitrogens with one attached hydrogen (secondary N) is 1. The highest BCUT2D eigenvalue weighted by molar-refractivity contribution is 6.09. The zero-order valence-electron chi connectivity index (χ0n) is 15.9. The molecule has 4 rings (SSSR count). The molecule has 2 aliphatic carbocycles. The van der Waals surface area contributed by atoms with Crippen molar-refractivity contribution in [1.82, 2.24) is 15.1 Å². The van der Waals surface area contributed by atoms with Crippen LogP contribution in [0.15, 0.2) is 24.3 Å². The molecule has 1 aliphatic heterocycles. The SMILES string of the molecule is CN1C(=O)N(CC(=O)NC2CCCc3ccccc32)C(=O)C12CCCCC2. The van der Waals surface area contributed by atoms with Crippen LogP contribution in [-0.2, 0) is 16.0 Å². The Kier molecular flexibility index (Phi) is 4.66. The predicted molar refractivity (Wildman–Crippen MR) is 101 cm³/mol. The van der Waals surface area contributed by atoms with Gasteiger partial charge in [0, 0.05) is 7.05 Å². The summed E-state index contributed by atoms with van der Waals surface area (Å²) in [6, 6.07) is 7.76. The first-order valence-corrected chi connectivity index (χ1v) is 10.00. The molecule has 1 unspecified atom stereocenters. The Hall–Kier alpha value is -2.37. The van der Waals surface area contributed by atoms with Gasteiger partial charge in [0.25, 0.3) is 5.91 Å².